The Labute approximate surface area is 167 Å². The van der Waals surface area contributed by atoms with Crippen LogP contribution in [0.1, 0.15) is 51.0 Å². The monoisotopic (exact) mass is 378 g/mol. The summed E-state index contributed by atoms with van der Waals surface area (Å²) in [7, 11) is 0. The molecular weight excluding hydrogens is 348 g/mol. The number of hydrogen-bond acceptors (Lipinski definition) is 3. The van der Waals surface area contributed by atoms with Crippen LogP contribution in [0, 0.1) is 0 Å². The van der Waals surface area contributed by atoms with Gasteiger partial charge >= 0.3 is 0 Å². The average Bonchev–Trinajstić information content (AvgIpc) is 3.01. The van der Waals surface area contributed by atoms with E-state index < -0.39 is 0 Å². The predicted octanol–water partition coefficient (Wildman–Crippen LogP) is 5.16. The molecule has 3 rings (SSSR count). The number of carbonyl (C=O) groups excluding carboxylic acids is 1. The zero-order valence-electron chi connectivity index (χ0n) is 16.7. The van der Waals surface area contributed by atoms with Crippen molar-refractivity contribution in [1.82, 2.24) is 9.55 Å². The lowest BCUT2D eigenvalue weighted by Crippen LogP contribution is -2.11. The first-order chi connectivity index (χ1) is 13.7. The minimum Gasteiger partial charge on any atom is -0.369 e. The van der Waals surface area contributed by atoms with Crippen LogP contribution >= 0.6 is 0 Å². The van der Waals surface area contributed by atoms with E-state index >= 15 is 0 Å². The van der Waals surface area contributed by atoms with Crippen molar-refractivity contribution in [1.29, 1.82) is 0 Å². The number of unbranched alkanes of at least 4 members (excludes halogenated alkanes) is 3. The second-order valence-electron chi connectivity index (χ2n) is 7.27. The fraction of sp³-hybridized carbons (Fsp3) is 0.391. The summed E-state index contributed by atoms with van der Waals surface area (Å²) < 4.78 is 2.05. The quantitative estimate of drug-likeness (QED) is 0.479. The molecule has 1 heterocycles. The maximum atomic E-state index is 12.1. The largest absolute Gasteiger partial charge is 0.369 e. The smallest absolute Gasteiger partial charge is 0.224 e. The van der Waals surface area contributed by atoms with E-state index in [0.29, 0.717) is 12.4 Å². The lowest BCUT2D eigenvalue weighted by Gasteiger charge is -2.08. The van der Waals surface area contributed by atoms with Crippen LogP contribution < -0.4 is 11.1 Å². The van der Waals surface area contributed by atoms with Crippen LogP contribution in [0.2, 0.25) is 0 Å². The molecule has 0 bridgehead atoms. The minimum atomic E-state index is 0.0609. The maximum Gasteiger partial charge on any atom is 0.224 e. The molecule has 0 saturated heterocycles. The van der Waals surface area contributed by atoms with Gasteiger partial charge in [0.25, 0.3) is 0 Å². The molecule has 0 saturated carbocycles. The molecule has 148 valence electrons. The number of amides is 1. The third-order valence-corrected chi connectivity index (χ3v) is 5.01. The molecule has 1 amide bonds. The van der Waals surface area contributed by atoms with E-state index in [1.165, 1.54) is 18.4 Å². The summed E-state index contributed by atoms with van der Waals surface area (Å²) in [5.41, 5.74) is 10.1. The standard InChI is InChI=1S/C23H30N4O/c1-2-3-4-8-13-22(28)25-19-14-15-21-20(17-19)26-23(24)27(21)16-9-12-18-10-6-5-7-11-18/h5-7,10-11,14-15,17H,2-4,8-9,12-13,16H2,1H3,(H2,24,26)(H,25,28). The number of aromatic nitrogens is 2. The number of anilines is 2. The predicted molar refractivity (Wildman–Crippen MR) is 116 cm³/mol. The van der Waals surface area contributed by atoms with E-state index in [9.17, 15) is 4.79 Å². The Morgan fingerprint density at radius 3 is 2.68 bits per heavy atom. The van der Waals surface area contributed by atoms with Crippen LogP contribution in [0.4, 0.5) is 11.6 Å². The number of rotatable bonds is 10. The number of hydrogen-bond donors (Lipinski definition) is 2. The molecule has 3 aromatic rings. The van der Waals surface area contributed by atoms with Gasteiger partial charge in [0.1, 0.15) is 0 Å². The average molecular weight is 379 g/mol. The van der Waals surface area contributed by atoms with Crippen molar-refractivity contribution >= 4 is 28.6 Å². The molecule has 0 fully saturated rings. The molecule has 5 nitrogen and oxygen atoms in total. The van der Waals surface area contributed by atoms with Gasteiger partial charge in [0.15, 0.2) is 0 Å². The van der Waals surface area contributed by atoms with Crippen LogP contribution in [-0.4, -0.2) is 15.5 Å². The van der Waals surface area contributed by atoms with Gasteiger partial charge in [-0.1, -0.05) is 56.5 Å². The van der Waals surface area contributed by atoms with Gasteiger partial charge in [-0.2, -0.15) is 0 Å². The summed E-state index contributed by atoms with van der Waals surface area (Å²) in [5.74, 6) is 0.580. The molecule has 0 atom stereocenters. The summed E-state index contributed by atoms with van der Waals surface area (Å²) in [5, 5.41) is 2.98. The maximum absolute atomic E-state index is 12.1. The van der Waals surface area contributed by atoms with Crippen molar-refractivity contribution in [2.75, 3.05) is 11.1 Å². The third-order valence-electron chi connectivity index (χ3n) is 5.01. The van der Waals surface area contributed by atoms with Gasteiger partial charge < -0.3 is 15.6 Å². The Hall–Kier alpha value is -2.82. The second-order valence-corrected chi connectivity index (χ2v) is 7.27. The van der Waals surface area contributed by atoms with Crippen LogP contribution in [0.15, 0.2) is 48.5 Å². The Morgan fingerprint density at radius 1 is 1.07 bits per heavy atom. The van der Waals surface area contributed by atoms with Crippen LogP contribution in [0.3, 0.4) is 0 Å². The lowest BCUT2D eigenvalue weighted by molar-refractivity contribution is -0.116. The van der Waals surface area contributed by atoms with Crippen molar-refractivity contribution < 1.29 is 4.79 Å². The van der Waals surface area contributed by atoms with Gasteiger partial charge in [-0.05, 0) is 43.0 Å². The van der Waals surface area contributed by atoms with E-state index in [-0.39, 0.29) is 5.91 Å². The lowest BCUT2D eigenvalue weighted by atomic mass is 10.1. The zero-order chi connectivity index (χ0) is 19.8. The normalized spacial score (nSPS) is 11.0. The van der Waals surface area contributed by atoms with E-state index in [1.54, 1.807) is 0 Å². The van der Waals surface area contributed by atoms with E-state index in [2.05, 4.69) is 46.1 Å². The first-order valence-corrected chi connectivity index (χ1v) is 10.3. The Kier molecular flexibility index (Phi) is 7.06. The molecule has 28 heavy (non-hydrogen) atoms. The van der Waals surface area contributed by atoms with Gasteiger partial charge in [-0.25, -0.2) is 4.98 Å². The SMILES string of the molecule is CCCCCCC(=O)Nc1ccc2c(c1)nc(N)n2CCCc1ccccc1. The molecule has 0 unspecified atom stereocenters. The van der Waals surface area contributed by atoms with Crippen molar-refractivity contribution in [2.24, 2.45) is 0 Å². The fourth-order valence-corrected chi connectivity index (χ4v) is 3.48. The topological polar surface area (TPSA) is 72.9 Å². The molecule has 0 aliphatic heterocycles. The first-order valence-electron chi connectivity index (χ1n) is 10.3. The van der Waals surface area contributed by atoms with Gasteiger partial charge in [0.2, 0.25) is 11.9 Å². The highest BCUT2D eigenvalue weighted by Crippen LogP contribution is 2.23. The summed E-state index contributed by atoms with van der Waals surface area (Å²) in [4.78, 5) is 16.6. The number of nitrogen functional groups attached to an aromatic ring is 1. The number of carbonyl (C=O) groups is 1. The summed E-state index contributed by atoms with van der Waals surface area (Å²) in [6.45, 7) is 2.99. The number of benzene rings is 2. The summed E-state index contributed by atoms with van der Waals surface area (Å²) in [6.07, 6.45) is 6.96. The fourth-order valence-electron chi connectivity index (χ4n) is 3.48. The number of aryl methyl sites for hydroxylation is 2. The Balaban J connectivity index is 1.60. The van der Waals surface area contributed by atoms with Gasteiger partial charge in [-0.3, -0.25) is 4.79 Å². The highest BCUT2D eigenvalue weighted by molar-refractivity contribution is 5.93. The molecular formula is C23H30N4O. The van der Waals surface area contributed by atoms with Crippen LogP contribution in [0.5, 0.6) is 0 Å². The number of nitrogens with zero attached hydrogens (tertiary/aromatic N) is 2. The van der Waals surface area contributed by atoms with Gasteiger partial charge in [-0.15, -0.1) is 0 Å². The molecule has 0 aliphatic rings. The van der Waals surface area contributed by atoms with Crippen LogP contribution in [-0.2, 0) is 17.8 Å². The van der Waals surface area contributed by atoms with Crippen molar-refractivity contribution in [2.45, 2.75) is 58.4 Å². The Bertz CT molecular complexity index is 902. The summed E-state index contributed by atoms with van der Waals surface area (Å²) in [6, 6.07) is 16.3. The molecule has 1 aromatic heterocycles. The first kappa shape index (κ1) is 19.9. The number of nitrogens with two attached hydrogens (primary N) is 1. The molecule has 5 heteroatoms. The van der Waals surface area contributed by atoms with E-state index in [1.807, 2.05) is 24.3 Å². The molecule has 0 aliphatic carbocycles. The third kappa shape index (κ3) is 5.35. The minimum absolute atomic E-state index is 0.0609. The highest BCUT2D eigenvalue weighted by Gasteiger charge is 2.10. The summed E-state index contributed by atoms with van der Waals surface area (Å²) >= 11 is 0. The van der Waals surface area contributed by atoms with Crippen molar-refractivity contribution in [3.63, 3.8) is 0 Å². The van der Waals surface area contributed by atoms with E-state index in [4.69, 9.17) is 5.73 Å². The number of fused-ring (bicyclic) bond motifs is 1. The molecule has 0 radical (unpaired) electrons. The molecule has 0 spiro atoms. The Morgan fingerprint density at radius 2 is 1.89 bits per heavy atom. The van der Waals surface area contributed by atoms with Gasteiger partial charge in [0.05, 0.1) is 11.0 Å². The number of nitrogens with one attached hydrogen (secondary N) is 1. The van der Waals surface area contributed by atoms with Crippen molar-refractivity contribution in [3.05, 3.63) is 54.1 Å². The van der Waals surface area contributed by atoms with Gasteiger partial charge in [0, 0.05) is 18.7 Å². The number of imidazole rings is 1. The van der Waals surface area contributed by atoms with Crippen LogP contribution in [0.25, 0.3) is 11.0 Å². The second kappa shape index (κ2) is 9.93. The molecule has 3 N–H and O–H groups in total. The molecule has 2 aromatic carbocycles. The zero-order valence-corrected chi connectivity index (χ0v) is 16.7. The van der Waals surface area contributed by atoms with Crippen molar-refractivity contribution in [3.8, 4) is 0 Å². The van der Waals surface area contributed by atoms with E-state index in [0.717, 1.165) is 48.9 Å². The highest BCUT2D eigenvalue weighted by atomic mass is 16.1.